The number of hydrogen-bond acceptors (Lipinski definition) is 25. The van der Waals surface area contributed by atoms with Crippen LogP contribution in [-0.2, 0) is 63.3 Å². The third-order valence-corrected chi connectivity index (χ3v) is 17.2. The number of esters is 1. The number of rotatable bonds is 17. The van der Waals surface area contributed by atoms with Gasteiger partial charge >= 0.3 is 5.97 Å². The quantitative estimate of drug-likeness (QED) is 0.0858. The maximum atomic E-state index is 15.3. The molecule has 0 bridgehead atoms. The average Bonchev–Trinajstić information content (AvgIpc) is 1.10. The Morgan fingerprint density at radius 2 is 1.19 bits per heavy atom. The Bertz CT molecular complexity index is 2790. The van der Waals surface area contributed by atoms with E-state index in [1.807, 2.05) is 0 Å². The molecule has 466 valence electrons. The molecule has 5 saturated heterocycles. The Morgan fingerprint density at radius 3 is 1.75 bits per heavy atom. The summed E-state index contributed by atoms with van der Waals surface area (Å²) in [5, 5.41) is 111. The molecule has 5 fully saturated rings. The monoisotopic (exact) mass is 1190 g/mol. The first kappa shape index (κ1) is 63.9. The molecule has 0 amide bonds. The van der Waals surface area contributed by atoms with Gasteiger partial charge in [-0.25, -0.2) is 4.79 Å². The Morgan fingerprint density at radius 1 is 0.679 bits per heavy atom. The average molecular weight is 1190 g/mol. The SMILES string of the molecule is CO[C@H](C(=O)[C@@H](O)[C@@H](C)OC(=O)c1ccccc1)[C@@H]1Cc2cc3cc(O[C@H]4C[C@@H](O[C@H]5C[C@@H](O)[C@H](O)[C@@H](C)O5)[C@H](O)[C@@H](C)O4)c(C)c(O)c3c(O)c2C(=O)[C@H]1O[C@H]1C[C@@H](O[C@H]2C[C@@H](O[C@H]3C[C@](C)(O)[C@H](O)[C@@H](C)O3)[C@@H](O)[C@@H](C)O2)[C@H](O)[C@@H](C)O1. The molecule has 3 aromatic carbocycles. The lowest BCUT2D eigenvalue weighted by molar-refractivity contribution is -0.334. The van der Waals surface area contributed by atoms with Gasteiger partial charge in [0.2, 0.25) is 6.29 Å². The lowest BCUT2D eigenvalue weighted by atomic mass is 9.75. The van der Waals surface area contributed by atoms with Gasteiger partial charge in [-0.15, -0.1) is 0 Å². The minimum atomic E-state index is -2.01. The fourth-order valence-electron chi connectivity index (χ4n) is 12.2. The summed E-state index contributed by atoms with van der Waals surface area (Å²) >= 11 is 0. The van der Waals surface area contributed by atoms with Crippen LogP contribution in [0.5, 0.6) is 17.2 Å². The van der Waals surface area contributed by atoms with Crippen molar-refractivity contribution >= 4 is 28.3 Å². The van der Waals surface area contributed by atoms with E-state index in [1.54, 1.807) is 45.9 Å². The van der Waals surface area contributed by atoms with Crippen molar-refractivity contribution in [3.05, 3.63) is 64.7 Å². The van der Waals surface area contributed by atoms with Gasteiger partial charge in [0.1, 0.15) is 66.1 Å². The van der Waals surface area contributed by atoms with Crippen molar-refractivity contribution in [1.29, 1.82) is 0 Å². The fraction of sp³-hybridized carbons (Fsp3) is 0.678. The number of benzene rings is 3. The number of phenolic OH excluding ortho intramolecular Hbond substituents is 2. The third-order valence-electron chi connectivity index (χ3n) is 17.2. The smallest absolute Gasteiger partial charge is 0.338 e. The molecule has 0 aromatic heterocycles. The summed E-state index contributed by atoms with van der Waals surface area (Å²) in [4.78, 5) is 43.0. The van der Waals surface area contributed by atoms with E-state index < -0.39 is 182 Å². The lowest BCUT2D eigenvalue weighted by Gasteiger charge is -2.46. The molecule has 6 aliphatic rings. The van der Waals surface area contributed by atoms with E-state index in [9.17, 15) is 60.7 Å². The molecule has 25 nitrogen and oxygen atoms in total. The summed E-state index contributed by atoms with van der Waals surface area (Å²) in [6.07, 6.45) is -27.6. The molecule has 10 N–H and O–H groups in total. The highest BCUT2D eigenvalue weighted by atomic mass is 16.7. The second kappa shape index (κ2) is 26.0. The molecule has 84 heavy (non-hydrogen) atoms. The van der Waals surface area contributed by atoms with Crippen molar-refractivity contribution < 1.29 is 122 Å². The van der Waals surface area contributed by atoms with Crippen molar-refractivity contribution in [2.45, 2.75) is 241 Å². The summed E-state index contributed by atoms with van der Waals surface area (Å²) in [6, 6.07) is 10.9. The number of ketones is 2. The highest BCUT2D eigenvalue weighted by molar-refractivity contribution is 6.11. The highest BCUT2D eigenvalue weighted by Crippen LogP contribution is 2.48. The Labute approximate surface area is 485 Å². The molecule has 3 aromatic rings. The van der Waals surface area contributed by atoms with Crippen LogP contribution in [0.2, 0.25) is 0 Å². The van der Waals surface area contributed by atoms with Gasteiger partial charge in [0.15, 0.2) is 42.8 Å². The second-order valence-corrected chi connectivity index (χ2v) is 23.4. The van der Waals surface area contributed by atoms with Crippen molar-refractivity contribution in [3.63, 3.8) is 0 Å². The van der Waals surface area contributed by atoms with Gasteiger partial charge in [0, 0.05) is 50.7 Å². The van der Waals surface area contributed by atoms with Gasteiger partial charge in [-0.05, 0) is 97.0 Å². The molecule has 25 atom stereocenters. The third kappa shape index (κ3) is 13.3. The van der Waals surface area contributed by atoms with Gasteiger partial charge < -0.3 is 108 Å². The summed E-state index contributed by atoms with van der Waals surface area (Å²) in [7, 11) is 1.18. The standard InChI is InChI=1S/C59H80O25/c1-23-35(80-40-19-36(48(63)25(3)75-40)81-39-18-34(60)47(62)24(2)74-39)17-32-15-31-16-33(55(73-9)54(69)51(66)28(6)79-58(71)30-13-11-10-12-14-30)56(53(68)45(31)52(67)44(32)46(23)61)84-42-21-37(49(64)27(5)77-42)82-41-20-38(50(65)26(4)76-41)83-43-22-59(8,72)57(70)29(7)78-43/h10-15,17,24-29,33-34,36-43,47-51,55-57,60-67,70,72H,16,18-22H2,1-9H3/t24-,25-,26-,27-,28-,29-,33+,34-,36-,37-,38-,39+,40+,41+,42+,43+,47-,48-,49-,50+,51+,55+,56+,57-,59+/m1/s1. The molecule has 0 unspecified atom stereocenters. The number of aliphatic hydroxyl groups excluding tert-OH is 7. The van der Waals surface area contributed by atoms with Crippen LogP contribution in [0.1, 0.15) is 112 Å². The molecular weight excluding hydrogens is 1110 g/mol. The minimum absolute atomic E-state index is 0.0527. The summed E-state index contributed by atoms with van der Waals surface area (Å²) < 4.78 is 72.6. The van der Waals surface area contributed by atoms with Crippen LogP contribution in [0.15, 0.2) is 42.5 Å². The summed E-state index contributed by atoms with van der Waals surface area (Å²) in [6.45, 7) is 12.2. The zero-order chi connectivity index (χ0) is 61.0. The van der Waals surface area contributed by atoms with Gasteiger partial charge in [-0.3, -0.25) is 9.59 Å². The van der Waals surface area contributed by atoms with Crippen LogP contribution in [0.25, 0.3) is 10.8 Å². The van der Waals surface area contributed by atoms with Gasteiger partial charge in [0.05, 0.1) is 77.0 Å². The number of hydrogen-bond donors (Lipinski definition) is 10. The van der Waals surface area contributed by atoms with Gasteiger partial charge in [-0.1, -0.05) is 18.2 Å². The molecule has 1 aliphatic carbocycles. The van der Waals surface area contributed by atoms with Gasteiger partial charge in [0.25, 0.3) is 0 Å². The van der Waals surface area contributed by atoms with Crippen LogP contribution in [-0.4, -0.2) is 223 Å². The molecule has 0 radical (unpaired) electrons. The number of carbonyl (C=O) groups is 3. The number of fused-ring (bicyclic) bond motifs is 2. The fourth-order valence-corrected chi connectivity index (χ4v) is 12.2. The van der Waals surface area contributed by atoms with E-state index in [-0.39, 0.29) is 77.3 Å². The van der Waals surface area contributed by atoms with Crippen molar-refractivity contribution in [2.24, 2.45) is 5.92 Å². The van der Waals surface area contributed by atoms with Gasteiger partial charge in [-0.2, -0.15) is 0 Å². The number of methoxy groups -OCH3 is 1. The number of Topliss-reactive ketones (excluding diaryl/α,β-unsaturated/α-hetero) is 2. The van der Waals surface area contributed by atoms with Crippen molar-refractivity contribution in [2.75, 3.05) is 7.11 Å². The second-order valence-electron chi connectivity index (χ2n) is 23.4. The first-order valence-corrected chi connectivity index (χ1v) is 28.6. The number of ether oxygens (including phenoxy) is 12. The molecule has 9 rings (SSSR count). The van der Waals surface area contributed by atoms with Crippen LogP contribution >= 0.6 is 0 Å². The summed E-state index contributed by atoms with van der Waals surface area (Å²) in [5.74, 6) is -5.06. The maximum absolute atomic E-state index is 15.3. The minimum Gasteiger partial charge on any atom is -0.507 e. The maximum Gasteiger partial charge on any atom is 0.338 e. The topological polar surface area (TPSA) is 364 Å². The van der Waals surface area contributed by atoms with Crippen molar-refractivity contribution in [1.82, 2.24) is 0 Å². The van der Waals surface area contributed by atoms with Crippen LogP contribution < -0.4 is 4.74 Å². The molecule has 25 heteroatoms. The van der Waals surface area contributed by atoms with E-state index in [1.165, 1.54) is 59.1 Å². The number of carbonyl (C=O) groups excluding carboxylic acids is 3. The van der Waals surface area contributed by atoms with E-state index in [0.29, 0.717) is 0 Å². The van der Waals surface area contributed by atoms with Crippen LogP contribution in [0.3, 0.4) is 0 Å². The molecule has 5 aliphatic heterocycles. The molecule has 5 heterocycles. The predicted octanol–water partition coefficient (Wildman–Crippen LogP) is 1.62. The summed E-state index contributed by atoms with van der Waals surface area (Å²) in [5.41, 5.74) is -1.40. The zero-order valence-corrected chi connectivity index (χ0v) is 48.2. The molecular formula is C59H80O25. The van der Waals surface area contributed by atoms with E-state index in [2.05, 4.69) is 0 Å². The van der Waals surface area contributed by atoms with E-state index >= 15 is 4.79 Å². The number of phenols is 2. The van der Waals surface area contributed by atoms with E-state index in [0.717, 1.165) is 0 Å². The van der Waals surface area contributed by atoms with Crippen LogP contribution in [0.4, 0.5) is 0 Å². The molecule has 0 saturated carbocycles. The first-order chi connectivity index (χ1) is 39.6. The van der Waals surface area contributed by atoms with Crippen LogP contribution in [0, 0.1) is 12.8 Å². The van der Waals surface area contributed by atoms with Crippen molar-refractivity contribution in [3.8, 4) is 17.2 Å². The highest BCUT2D eigenvalue weighted by Gasteiger charge is 2.52. The van der Waals surface area contributed by atoms with E-state index in [4.69, 9.17) is 56.8 Å². The number of aromatic hydroxyl groups is 2. The Hall–Kier alpha value is -4.59. The lowest BCUT2D eigenvalue weighted by Crippen LogP contribution is -2.58. The normalized spacial score (nSPS) is 39.4. The molecule has 0 spiro atoms. The first-order valence-electron chi connectivity index (χ1n) is 28.6. The predicted molar refractivity (Wildman–Crippen MR) is 288 cm³/mol. The zero-order valence-electron chi connectivity index (χ0n) is 48.2. The largest absolute Gasteiger partial charge is 0.507 e. The Kier molecular flexibility index (Phi) is 19.8. The number of aliphatic hydroxyl groups is 8. The Balaban J connectivity index is 0.989.